The molecule has 0 N–H and O–H groups in total. The smallest absolute Gasteiger partial charge is 0.237 e. The van der Waals surface area contributed by atoms with Gasteiger partial charge in [0.1, 0.15) is 5.88 Å². The Morgan fingerprint density at radius 3 is 2.83 bits per heavy atom. The molecule has 3 nitrogen and oxygen atoms in total. The van der Waals surface area contributed by atoms with E-state index in [-0.39, 0.29) is 11.8 Å². The van der Waals surface area contributed by atoms with Crippen molar-refractivity contribution in [2.24, 2.45) is 0 Å². The molecule has 4 heteroatoms. The Kier molecular flexibility index (Phi) is 2.98. The molecule has 1 rings (SSSR count). The van der Waals surface area contributed by atoms with E-state index in [2.05, 4.69) is 11.5 Å². The molecule has 1 heterocycles. The van der Waals surface area contributed by atoms with Gasteiger partial charge < -0.3 is 9.80 Å². The van der Waals surface area contributed by atoms with Gasteiger partial charge in [-0.15, -0.1) is 11.6 Å². The van der Waals surface area contributed by atoms with Crippen molar-refractivity contribution in [2.75, 3.05) is 32.6 Å². The van der Waals surface area contributed by atoms with Crippen LogP contribution in [-0.2, 0) is 4.79 Å². The second kappa shape index (κ2) is 3.81. The molecule has 0 bridgehead atoms. The van der Waals surface area contributed by atoms with Crippen molar-refractivity contribution >= 4 is 17.5 Å². The van der Waals surface area contributed by atoms with Crippen molar-refractivity contribution < 1.29 is 4.79 Å². The lowest BCUT2D eigenvalue weighted by atomic mass is 10.3. The van der Waals surface area contributed by atoms with Crippen molar-refractivity contribution in [1.82, 2.24) is 9.80 Å². The zero-order valence-corrected chi connectivity index (χ0v) is 7.97. The van der Waals surface area contributed by atoms with Crippen LogP contribution in [0.15, 0.2) is 12.3 Å². The molecule has 0 spiro atoms. The van der Waals surface area contributed by atoms with E-state index in [1.807, 2.05) is 7.05 Å². The van der Waals surface area contributed by atoms with E-state index in [0.717, 1.165) is 18.8 Å². The summed E-state index contributed by atoms with van der Waals surface area (Å²) in [5.41, 5.74) is 0.972. The lowest BCUT2D eigenvalue weighted by molar-refractivity contribution is -0.129. The quantitative estimate of drug-likeness (QED) is 0.560. The van der Waals surface area contributed by atoms with E-state index in [4.69, 9.17) is 11.6 Å². The van der Waals surface area contributed by atoms with Gasteiger partial charge in [0.05, 0.1) is 6.54 Å². The van der Waals surface area contributed by atoms with E-state index < -0.39 is 0 Å². The fraction of sp³-hybridized carbons (Fsp3) is 0.625. The van der Waals surface area contributed by atoms with Crippen molar-refractivity contribution in [3.63, 3.8) is 0 Å². The summed E-state index contributed by atoms with van der Waals surface area (Å²) in [6, 6.07) is 0. The molecule has 1 saturated heterocycles. The number of halogens is 1. The number of piperazine rings is 1. The Morgan fingerprint density at radius 2 is 2.33 bits per heavy atom. The number of rotatable bonds is 1. The summed E-state index contributed by atoms with van der Waals surface area (Å²) >= 11 is 5.43. The van der Waals surface area contributed by atoms with Gasteiger partial charge in [0, 0.05) is 25.8 Å². The van der Waals surface area contributed by atoms with Crippen LogP contribution in [0.4, 0.5) is 0 Å². The van der Waals surface area contributed by atoms with Gasteiger partial charge in [0.2, 0.25) is 5.91 Å². The third-order valence-electron chi connectivity index (χ3n) is 2.09. The maximum absolute atomic E-state index is 11.2. The van der Waals surface area contributed by atoms with Crippen molar-refractivity contribution in [2.45, 2.75) is 0 Å². The Balaban J connectivity index is 2.51. The minimum Gasteiger partial charge on any atom is -0.375 e. The highest BCUT2D eigenvalue weighted by Gasteiger charge is 2.19. The third kappa shape index (κ3) is 1.91. The van der Waals surface area contributed by atoms with Gasteiger partial charge in [0.25, 0.3) is 0 Å². The van der Waals surface area contributed by atoms with E-state index in [1.54, 1.807) is 4.90 Å². The molecule has 1 aliphatic heterocycles. The van der Waals surface area contributed by atoms with Crippen molar-refractivity contribution in [1.29, 1.82) is 0 Å². The summed E-state index contributed by atoms with van der Waals surface area (Å²) in [6.45, 7) is 6.06. The van der Waals surface area contributed by atoms with Crippen LogP contribution in [0.5, 0.6) is 0 Å². The normalized spacial score (nSPS) is 18.3. The highest BCUT2D eigenvalue weighted by molar-refractivity contribution is 6.27. The van der Waals surface area contributed by atoms with Crippen LogP contribution in [0, 0.1) is 0 Å². The van der Waals surface area contributed by atoms with Crippen LogP contribution >= 0.6 is 11.6 Å². The second-order valence-corrected chi connectivity index (χ2v) is 3.20. The monoisotopic (exact) mass is 188 g/mol. The first-order chi connectivity index (χ1) is 5.65. The van der Waals surface area contributed by atoms with Crippen molar-refractivity contribution in [3.8, 4) is 0 Å². The molecule has 0 aromatic carbocycles. The molecule has 0 saturated carbocycles. The van der Waals surface area contributed by atoms with Crippen LogP contribution in [0.1, 0.15) is 0 Å². The Labute approximate surface area is 77.6 Å². The summed E-state index contributed by atoms with van der Waals surface area (Å²) in [4.78, 5) is 14.9. The zero-order chi connectivity index (χ0) is 9.14. The molecule has 12 heavy (non-hydrogen) atoms. The second-order valence-electron chi connectivity index (χ2n) is 2.94. The van der Waals surface area contributed by atoms with Crippen LogP contribution in [-0.4, -0.2) is 48.3 Å². The summed E-state index contributed by atoms with van der Waals surface area (Å²) < 4.78 is 0. The van der Waals surface area contributed by atoms with Gasteiger partial charge >= 0.3 is 0 Å². The van der Waals surface area contributed by atoms with E-state index >= 15 is 0 Å². The summed E-state index contributed by atoms with van der Waals surface area (Å²) in [5, 5.41) is 0. The summed E-state index contributed by atoms with van der Waals surface area (Å²) in [5.74, 6) is 0.0581. The van der Waals surface area contributed by atoms with Crippen LogP contribution in [0.25, 0.3) is 0 Å². The fourth-order valence-corrected chi connectivity index (χ4v) is 1.32. The predicted molar refractivity (Wildman–Crippen MR) is 49.1 cm³/mol. The molecule has 0 unspecified atom stereocenters. The highest BCUT2D eigenvalue weighted by atomic mass is 35.5. The molecule has 0 aromatic rings. The maximum atomic E-state index is 11.2. The highest BCUT2D eigenvalue weighted by Crippen LogP contribution is 2.09. The minimum absolute atomic E-state index is 0.00841. The number of carbonyl (C=O) groups excluding carboxylic acids is 1. The third-order valence-corrected chi connectivity index (χ3v) is 2.31. The van der Waals surface area contributed by atoms with E-state index in [0.29, 0.717) is 6.54 Å². The molecule has 0 atom stereocenters. The van der Waals surface area contributed by atoms with Crippen LogP contribution in [0.2, 0.25) is 0 Å². The fourth-order valence-electron chi connectivity index (χ4n) is 1.15. The molecule has 68 valence electrons. The zero-order valence-electron chi connectivity index (χ0n) is 7.22. The average Bonchev–Trinajstić information content (AvgIpc) is 2.08. The SMILES string of the molecule is C=C1CN(C(=O)CCl)CCN1C. The Morgan fingerprint density at radius 1 is 1.67 bits per heavy atom. The van der Waals surface area contributed by atoms with Gasteiger partial charge in [-0.1, -0.05) is 6.58 Å². The molecular weight excluding hydrogens is 176 g/mol. The van der Waals surface area contributed by atoms with Gasteiger partial charge in [0.15, 0.2) is 0 Å². The first kappa shape index (κ1) is 9.39. The molecule has 1 fully saturated rings. The first-order valence-corrected chi connectivity index (χ1v) is 4.41. The van der Waals surface area contributed by atoms with Gasteiger partial charge in [-0.3, -0.25) is 4.79 Å². The van der Waals surface area contributed by atoms with E-state index in [9.17, 15) is 4.79 Å². The molecule has 1 amide bonds. The Bertz CT molecular complexity index is 203. The number of hydrogen-bond acceptors (Lipinski definition) is 2. The van der Waals surface area contributed by atoms with Crippen LogP contribution in [0.3, 0.4) is 0 Å². The maximum Gasteiger partial charge on any atom is 0.237 e. The van der Waals surface area contributed by atoms with Crippen molar-refractivity contribution in [3.05, 3.63) is 12.3 Å². The lowest BCUT2D eigenvalue weighted by Gasteiger charge is -2.35. The standard InChI is InChI=1S/C8H13ClN2O/c1-7-6-11(8(12)5-9)4-3-10(7)2/h1,3-6H2,2H3. The van der Waals surface area contributed by atoms with Gasteiger partial charge in [-0.2, -0.15) is 0 Å². The summed E-state index contributed by atoms with van der Waals surface area (Å²) in [6.07, 6.45) is 0. The molecule has 0 aromatic heterocycles. The topological polar surface area (TPSA) is 23.6 Å². The molecular formula is C8H13ClN2O. The lowest BCUT2D eigenvalue weighted by Crippen LogP contribution is -2.45. The minimum atomic E-state index is -0.00841. The Hall–Kier alpha value is -0.700. The number of nitrogens with zero attached hydrogens (tertiary/aromatic N) is 2. The van der Waals surface area contributed by atoms with Crippen LogP contribution < -0.4 is 0 Å². The first-order valence-electron chi connectivity index (χ1n) is 3.88. The van der Waals surface area contributed by atoms with Gasteiger partial charge in [-0.25, -0.2) is 0 Å². The molecule has 1 aliphatic rings. The number of likely N-dealkylation sites (N-methyl/N-ethyl adjacent to an activating group) is 1. The number of carbonyl (C=O) groups is 1. The number of hydrogen-bond donors (Lipinski definition) is 0. The predicted octanol–water partition coefficient (Wildman–Crippen LogP) is 0.513. The number of amides is 1. The summed E-state index contributed by atoms with van der Waals surface area (Å²) in [7, 11) is 1.98. The van der Waals surface area contributed by atoms with E-state index in [1.165, 1.54) is 0 Å². The average molecular weight is 189 g/mol. The molecule has 0 aliphatic carbocycles. The molecule has 0 radical (unpaired) electrons. The largest absolute Gasteiger partial charge is 0.375 e. The number of alkyl halides is 1. The van der Waals surface area contributed by atoms with Gasteiger partial charge in [-0.05, 0) is 0 Å².